The molecule has 0 spiro atoms. The first kappa shape index (κ1) is 15.7. The van der Waals surface area contributed by atoms with E-state index in [4.69, 9.17) is 16.7 Å². The van der Waals surface area contributed by atoms with E-state index in [0.29, 0.717) is 0 Å². The van der Waals surface area contributed by atoms with Crippen LogP contribution in [0.1, 0.15) is 12.0 Å². The Kier molecular flexibility index (Phi) is 5.10. The molecule has 1 aromatic heterocycles. The highest BCUT2D eigenvalue weighted by Gasteiger charge is 2.19. The van der Waals surface area contributed by atoms with Gasteiger partial charge < -0.3 is 5.11 Å². The van der Waals surface area contributed by atoms with Crippen molar-refractivity contribution >= 4 is 33.5 Å². The molecule has 1 rings (SSSR count). The van der Waals surface area contributed by atoms with Crippen LogP contribution in [0, 0.1) is 6.92 Å². The van der Waals surface area contributed by atoms with Gasteiger partial charge in [0.1, 0.15) is 0 Å². The molecule has 0 amide bonds. The molecule has 0 atom stereocenters. The molecule has 0 bridgehead atoms. The van der Waals surface area contributed by atoms with Crippen LogP contribution in [0.2, 0.25) is 5.15 Å². The number of rotatable bonds is 6. The van der Waals surface area contributed by atoms with Crippen molar-refractivity contribution in [3.05, 3.63) is 23.0 Å². The number of aromatic nitrogens is 1. The molecule has 0 unspecified atom stereocenters. The first-order valence-corrected chi connectivity index (χ1v) is 7.12. The summed E-state index contributed by atoms with van der Waals surface area (Å²) in [6.45, 7) is 1.61. The Balaban J connectivity index is 2.84. The van der Waals surface area contributed by atoms with Crippen LogP contribution in [0.25, 0.3) is 0 Å². The van der Waals surface area contributed by atoms with E-state index in [0.717, 1.165) is 9.87 Å². The van der Waals surface area contributed by atoms with Crippen LogP contribution in [-0.2, 0) is 15.0 Å². The number of hydrogen-bond acceptors (Lipinski definition) is 4. The summed E-state index contributed by atoms with van der Waals surface area (Å²) < 4.78 is 27.0. The molecule has 7 nitrogen and oxygen atoms in total. The number of carbonyl (C=O) groups is 1. The summed E-state index contributed by atoms with van der Waals surface area (Å²) in [6.07, 6.45) is 1.23. The maximum Gasteiger partial charge on any atom is 0.304 e. The molecule has 0 aliphatic heterocycles. The third kappa shape index (κ3) is 4.66. The number of aliphatic carboxylic acids is 1. The average molecular weight is 308 g/mol. The molecule has 1 heterocycles. The minimum absolute atomic E-state index is 0.0285. The van der Waals surface area contributed by atoms with Gasteiger partial charge in [-0.2, -0.15) is 12.7 Å². The van der Waals surface area contributed by atoms with E-state index in [-0.39, 0.29) is 23.8 Å². The molecule has 0 radical (unpaired) electrons. The van der Waals surface area contributed by atoms with Gasteiger partial charge in [-0.1, -0.05) is 11.6 Å². The second-order valence-electron chi connectivity index (χ2n) is 3.92. The quantitative estimate of drug-likeness (QED) is 0.767. The van der Waals surface area contributed by atoms with Crippen LogP contribution >= 0.6 is 11.6 Å². The summed E-state index contributed by atoms with van der Waals surface area (Å²) >= 11 is 5.78. The molecule has 0 fully saturated rings. The zero-order valence-electron chi connectivity index (χ0n) is 10.4. The number of halogens is 1. The summed E-state index contributed by atoms with van der Waals surface area (Å²) in [4.78, 5) is 14.2. The molecule has 0 aliphatic rings. The maximum atomic E-state index is 11.9. The zero-order valence-corrected chi connectivity index (χ0v) is 12.0. The minimum Gasteiger partial charge on any atom is -0.481 e. The first-order valence-electron chi connectivity index (χ1n) is 5.30. The van der Waals surface area contributed by atoms with Gasteiger partial charge in [-0.3, -0.25) is 9.52 Å². The van der Waals surface area contributed by atoms with E-state index in [2.05, 4.69) is 9.71 Å². The number of pyridine rings is 1. The van der Waals surface area contributed by atoms with Gasteiger partial charge in [-0.05, 0) is 18.6 Å². The number of aryl methyl sites for hydroxylation is 1. The van der Waals surface area contributed by atoms with Crippen LogP contribution in [0.3, 0.4) is 0 Å². The highest BCUT2D eigenvalue weighted by molar-refractivity contribution is 7.90. The van der Waals surface area contributed by atoms with Gasteiger partial charge in [0.25, 0.3) is 0 Å². The van der Waals surface area contributed by atoms with Crippen LogP contribution in [0.4, 0.5) is 5.69 Å². The number of anilines is 1. The van der Waals surface area contributed by atoms with Crippen molar-refractivity contribution in [3.8, 4) is 0 Å². The fourth-order valence-corrected chi connectivity index (χ4v) is 2.34. The van der Waals surface area contributed by atoms with Gasteiger partial charge in [-0.25, -0.2) is 4.98 Å². The topological polar surface area (TPSA) is 99.6 Å². The number of carboxylic acids is 1. The Hall–Kier alpha value is -1.38. The Labute approximate surface area is 116 Å². The highest BCUT2D eigenvalue weighted by Crippen LogP contribution is 2.21. The monoisotopic (exact) mass is 307 g/mol. The smallest absolute Gasteiger partial charge is 0.304 e. The van der Waals surface area contributed by atoms with Crippen LogP contribution in [0.15, 0.2) is 12.3 Å². The van der Waals surface area contributed by atoms with Crippen molar-refractivity contribution in [2.45, 2.75) is 13.3 Å². The number of hydrogen-bond donors (Lipinski definition) is 2. The first-order chi connectivity index (χ1) is 8.72. The maximum absolute atomic E-state index is 11.9. The average Bonchev–Trinajstić information content (AvgIpc) is 2.30. The van der Waals surface area contributed by atoms with E-state index >= 15 is 0 Å². The van der Waals surface area contributed by atoms with E-state index in [1.54, 1.807) is 6.92 Å². The van der Waals surface area contributed by atoms with Crippen molar-refractivity contribution in [2.24, 2.45) is 0 Å². The molecule has 106 valence electrons. The summed E-state index contributed by atoms with van der Waals surface area (Å²) in [5.74, 6) is -1.07. The van der Waals surface area contributed by atoms with Gasteiger partial charge in [0, 0.05) is 19.8 Å². The van der Waals surface area contributed by atoms with Crippen molar-refractivity contribution < 1.29 is 18.3 Å². The predicted octanol–water partition coefficient (Wildman–Crippen LogP) is 1.11. The molecule has 0 aliphatic carbocycles. The second-order valence-corrected chi connectivity index (χ2v) is 6.06. The number of nitrogens with zero attached hydrogens (tertiary/aromatic N) is 2. The molecular formula is C10H14ClN3O4S. The standard InChI is InChI=1S/C10H14ClN3O4S/c1-7-5-8(10(11)12-6-7)13-19(17,18)14(2)4-3-9(15)16/h5-6,13H,3-4H2,1-2H3,(H,15,16). The SMILES string of the molecule is Cc1cnc(Cl)c(NS(=O)(=O)N(C)CCC(=O)O)c1. The summed E-state index contributed by atoms with van der Waals surface area (Å²) in [7, 11) is -2.57. The minimum atomic E-state index is -3.85. The Morgan fingerprint density at radius 1 is 1.58 bits per heavy atom. The van der Waals surface area contributed by atoms with Gasteiger partial charge in [-0.15, -0.1) is 0 Å². The van der Waals surface area contributed by atoms with Crippen LogP contribution in [0.5, 0.6) is 0 Å². The van der Waals surface area contributed by atoms with E-state index in [1.807, 2.05) is 0 Å². The van der Waals surface area contributed by atoms with Crippen LogP contribution in [-0.4, -0.2) is 42.4 Å². The molecule has 0 aromatic carbocycles. The number of carboxylic acid groups (broad SMARTS) is 1. The lowest BCUT2D eigenvalue weighted by atomic mass is 10.3. The van der Waals surface area contributed by atoms with Crippen LogP contribution < -0.4 is 4.72 Å². The van der Waals surface area contributed by atoms with Gasteiger partial charge >= 0.3 is 16.2 Å². The third-order valence-electron chi connectivity index (χ3n) is 2.27. The van der Waals surface area contributed by atoms with Crippen molar-refractivity contribution in [1.82, 2.24) is 9.29 Å². The van der Waals surface area contributed by atoms with Crippen molar-refractivity contribution in [3.63, 3.8) is 0 Å². The largest absolute Gasteiger partial charge is 0.481 e. The predicted molar refractivity (Wildman–Crippen MR) is 71.4 cm³/mol. The molecular weight excluding hydrogens is 294 g/mol. The zero-order chi connectivity index (χ0) is 14.6. The van der Waals surface area contributed by atoms with E-state index in [1.165, 1.54) is 19.3 Å². The van der Waals surface area contributed by atoms with Crippen molar-refractivity contribution in [1.29, 1.82) is 0 Å². The Morgan fingerprint density at radius 2 is 2.21 bits per heavy atom. The molecule has 19 heavy (non-hydrogen) atoms. The molecule has 9 heteroatoms. The summed E-state index contributed by atoms with van der Waals surface area (Å²) in [5.41, 5.74) is 0.902. The molecule has 1 aromatic rings. The molecule has 2 N–H and O–H groups in total. The fraction of sp³-hybridized carbons (Fsp3) is 0.400. The normalized spacial score (nSPS) is 11.6. The Morgan fingerprint density at radius 3 is 2.79 bits per heavy atom. The lowest BCUT2D eigenvalue weighted by Gasteiger charge is -2.17. The Bertz CT molecular complexity index is 576. The van der Waals surface area contributed by atoms with Gasteiger partial charge in [0.15, 0.2) is 5.15 Å². The third-order valence-corrected chi connectivity index (χ3v) is 4.05. The second kappa shape index (κ2) is 6.18. The summed E-state index contributed by atoms with van der Waals surface area (Å²) in [6, 6.07) is 1.54. The van der Waals surface area contributed by atoms with Gasteiger partial charge in [0.2, 0.25) is 0 Å². The highest BCUT2D eigenvalue weighted by atomic mass is 35.5. The summed E-state index contributed by atoms with van der Waals surface area (Å²) in [5, 5.41) is 8.55. The fourth-order valence-electron chi connectivity index (χ4n) is 1.21. The van der Waals surface area contributed by atoms with E-state index < -0.39 is 16.2 Å². The number of nitrogens with one attached hydrogen (secondary N) is 1. The van der Waals surface area contributed by atoms with Gasteiger partial charge in [0.05, 0.1) is 12.1 Å². The van der Waals surface area contributed by atoms with Crippen molar-refractivity contribution in [2.75, 3.05) is 18.3 Å². The lowest BCUT2D eigenvalue weighted by Crippen LogP contribution is -2.34. The lowest BCUT2D eigenvalue weighted by molar-refractivity contribution is -0.137. The molecule has 0 saturated carbocycles. The molecule has 0 saturated heterocycles. The van der Waals surface area contributed by atoms with E-state index in [9.17, 15) is 13.2 Å².